The van der Waals surface area contributed by atoms with Gasteiger partial charge in [0.15, 0.2) is 5.78 Å². The molecular formula is C17H13NO2. The Labute approximate surface area is 117 Å². The highest BCUT2D eigenvalue weighted by Gasteiger charge is 2.12. The average molecular weight is 263 g/mol. The summed E-state index contributed by atoms with van der Waals surface area (Å²) in [7, 11) is 0. The molecule has 0 spiro atoms. The van der Waals surface area contributed by atoms with Gasteiger partial charge >= 0.3 is 0 Å². The third kappa shape index (κ3) is 3.12. The predicted molar refractivity (Wildman–Crippen MR) is 78.3 cm³/mol. The van der Waals surface area contributed by atoms with Crippen LogP contribution in [0.2, 0.25) is 0 Å². The average Bonchev–Trinajstić information content (AvgIpc) is 2.49. The Morgan fingerprint density at radius 2 is 1.90 bits per heavy atom. The Morgan fingerprint density at radius 3 is 2.60 bits per heavy atom. The van der Waals surface area contributed by atoms with Gasteiger partial charge in [0, 0.05) is 22.4 Å². The fourth-order valence-corrected chi connectivity index (χ4v) is 1.77. The maximum absolute atomic E-state index is 12.4. The Kier molecular flexibility index (Phi) is 4.31. The molecular weight excluding hydrogens is 250 g/mol. The molecule has 2 rings (SSSR count). The Balaban J connectivity index is 2.37. The monoisotopic (exact) mass is 263 g/mol. The van der Waals surface area contributed by atoms with Crippen molar-refractivity contribution in [2.45, 2.75) is 6.42 Å². The van der Waals surface area contributed by atoms with Crippen LogP contribution in [-0.4, -0.2) is 12.1 Å². The molecule has 0 aliphatic rings. The second-order valence-corrected chi connectivity index (χ2v) is 4.17. The number of anilines is 1. The van der Waals surface area contributed by atoms with Crippen LogP contribution in [0.15, 0.2) is 48.5 Å². The zero-order valence-electron chi connectivity index (χ0n) is 10.8. The maximum atomic E-state index is 12.4. The van der Waals surface area contributed by atoms with E-state index in [-0.39, 0.29) is 12.2 Å². The summed E-state index contributed by atoms with van der Waals surface area (Å²) in [5, 5.41) is 0. The number of nitrogen functional groups attached to an aromatic ring is 1. The number of benzene rings is 2. The van der Waals surface area contributed by atoms with Gasteiger partial charge in [-0.25, -0.2) is 0 Å². The number of rotatable bonds is 3. The molecule has 0 aliphatic heterocycles. The van der Waals surface area contributed by atoms with Crippen LogP contribution in [0, 0.1) is 11.8 Å². The smallest absolute Gasteiger partial charge is 0.195 e. The first kappa shape index (κ1) is 13.6. The van der Waals surface area contributed by atoms with Gasteiger partial charge in [-0.1, -0.05) is 42.2 Å². The van der Waals surface area contributed by atoms with Crippen molar-refractivity contribution in [2.75, 3.05) is 5.73 Å². The molecule has 0 aromatic heterocycles. The lowest BCUT2D eigenvalue weighted by molar-refractivity contribution is -0.107. The summed E-state index contributed by atoms with van der Waals surface area (Å²) in [5.41, 5.74) is 7.95. The van der Waals surface area contributed by atoms with Gasteiger partial charge in [-0.15, -0.1) is 0 Å². The molecule has 0 fully saturated rings. The van der Waals surface area contributed by atoms with Crippen molar-refractivity contribution in [3.05, 3.63) is 65.2 Å². The normalized spacial score (nSPS) is 9.40. The van der Waals surface area contributed by atoms with Gasteiger partial charge < -0.3 is 10.5 Å². The highest BCUT2D eigenvalue weighted by Crippen LogP contribution is 2.18. The molecule has 20 heavy (non-hydrogen) atoms. The van der Waals surface area contributed by atoms with Crippen molar-refractivity contribution in [3.63, 3.8) is 0 Å². The highest BCUT2D eigenvalue weighted by molar-refractivity contribution is 6.12. The van der Waals surface area contributed by atoms with E-state index in [0.29, 0.717) is 22.4 Å². The zero-order valence-corrected chi connectivity index (χ0v) is 10.8. The minimum Gasteiger partial charge on any atom is -0.398 e. The van der Waals surface area contributed by atoms with Crippen molar-refractivity contribution in [1.29, 1.82) is 0 Å². The molecule has 0 amide bonds. The summed E-state index contributed by atoms with van der Waals surface area (Å²) in [6.07, 6.45) is 0.909. The summed E-state index contributed by atoms with van der Waals surface area (Å²) < 4.78 is 0. The van der Waals surface area contributed by atoms with E-state index in [9.17, 15) is 9.59 Å². The summed E-state index contributed by atoms with van der Waals surface area (Å²) in [6.45, 7) is 0. The lowest BCUT2D eigenvalue weighted by atomic mass is 10.00. The number of carbonyl (C=O) groups is 2. The molecule has 3 nitrogen and oxygen atoms in total. The molecule has 0 saturated heterocycles. The molecule has 0 heterocycles. The van der Waals surface area contributed by atoms with E-state index in [1.165, 1.54) is 0 Å². The van der Waals surface area contributed by atoms with Gasteiger partial charge in [0.2, 0.25) is 0 Å². The second-order valence-electron chi connectivity index (χ2n) is 4.17. The zero-order chi connectivity index (χ0) is 14.4. The quantitative estimate of drug-likeness (QED) is 0.400. The summed E-state index contributed by atoms with van der Waals surface area (Å²) in [5.74, 6) is 5.40. The van der Waals surface area contributed by atoms with Gasteiger partial charge in [0.1, 0.15) is 6.29 Å². The van der Waals surface area contributed by atoms with Gasteiger partial charge in [-0.3, -0.25) is 4.79 Å². The standard InChI is InChI=1S/C17H13NO2/c18-16-10-9-13(6-4-5-11-19)12-15(16)17(20)14-7-2-1-3-8-14/h1-3,7-12H,5,18H2. The molecule has 98 valence electrons. The number of aldehydes is 1. The molecule has 2 N–H and O–H groups in total. The number of ketones is 1. The predicted octanol–water partition coefficient (Wildman–Crippen LogP) is 2.44. The van der Waals surface area contributed by atoms with Crippen LogP contribution < -0.4 is 5.73 Å². The fraction of sp³-hybridized carbons (Fsp3) is 0.0588. The summed E-state index contributed by atoms with van der Waals surface area (Å²) >= 11 is 0. The number of hydrogen-bond donors (Lipinski definition) is 1. The third-order valence-electron chi connectivity index (χ3n) is 2.75. The molecule has 2 aromatic carbocycles. The van der Waals surface area contributed by atoms with Crippen LogP contribution in [-0.2, 0) is 4.79 Å². The van der Waals surface area contributed by atoms with Crippen molar-refractivity contribution in [1.82, 2.24) is 0 Å². The van der Waals surface area contributed by atoms with E-state index in [4.69, 9.17) is 5.73 Å². The summed E-state index contributed by atoms with van der Waals surface area (Å²) in [4.78, 5) is 22.6. The van der Waals surface area contributed by atoms with Crippen LogP contribution in [0.1, 0.15) is 27.9 Å². The van der Waals surface area contributed by atoms with E-state index in [1.807, 2.05) is 6.07 Å². The number of nitrogens with two attached hydrogens (primary N) is 1. The lowest BCUT2D eigenvalue weighted by Crippen LogP contribution is -2.05. The molecule has 2 aromatic rings. The molecule has 0 unspecified atom stereocenters. The number of carbonyl (C=O) groups excluding carboxylic acids is 2. The molecule has 0 saturated carbocycles. The molecule has 0 radical (unpaired) electrons. The maximum Gasteiger partial charge on any atom is 0.195 e. The first-order valence-corrected chi connectivity index (χ1v) is 6.14. The molecule has 0 aliphatic carbocycles. The molecule has 3 heteroatoms. The van der Waals surface area contributed by atoms with Crippen LogP contribution in [0.3, 0.4) is 0 Å². The molecule has 0 bridgehead atoms. The second kappa shape index (κ2) is 6.35. The van der Waals surface area contributed by atoms with Crippen LogP contribution in [0.5, 0.6) is 0 Å². The largest absolute Gasteiger partial charge is 0.398 e. The van der Waals surface area contributed by atoms with Crippen molar-refractivity contribution >= 4 is 17.8 Å². The minimum absolute atomic E-state index is 0.137. The Hall–Kier alpha value is -2.86. The van der Waals surface area contributed by atoms with Crippen LogP contribution in [0.25, 0.3) is 0 Å². The lowest BCUT2D eigenvalue weighted by Gasteiger charge is -2.05. The van der Waals surface area contributed by atoms with Crippen molar-refractivity contribution in [3.8, 4) is 11.8 Å². The van der Waals surface area contributed by atoms with E-state index in [0.717, 1.165) is 6.29 Å². The Morgan fingerprint density at radius 1 is 1.15 bits per heavy atom. The van der Waals surface area contributed by atoms with Gasteiger partial charge in [-0.05, 0) is 18.2 Å². The first-order chi connectivity index (χ1) is 9.72. The highest BCUT2D eigenvalue weighted by atomic mass is 16.1. The van der Waals surface area contributed by atoms with Crippen LogP contribution in [0.4, 0.5) is 5.69 Å². The van der Waals surface area contributed by atoms with Gasteiger partial charge in [0.25, 0.3) is 0 Å². The van der Waals surface area contributed by atoms with Crippen LogP contribution >= 0.6 is 0 Å². The topological polar surface area (TPSA) is 60.2 Å². The SMILES string of the molecule is Nc1ccc(C#CCC=O)cc1C(=O)c1ccccc1. The van der Waals surface area contributed by atoms with Crippen molar-refractivity contribution in [2.24, 2.45) is 0 Å². The summed E-state index contributed by atoms with van der Waals surface area (Å²) in [6, 6.07) is 14.0. The van der Waals surface area contributed by atoms with Gasteiger partial charge in [0.05, 0.1) is 6.42 Å². The van der Waals surface area contributed by atoms with Gasteiger partial charge in [-0.2, -0.15) is 0 Å². The minimum atomic E-state index is -0.137. The van der Waals surface area contributed by atoms with E-state index in [1.54, 1.807) is 42.5 Å². The third-order valence-corrected chi connectivity index (χ3v) is 2.75. The first-order valence-electron chi connectivity index (χ1n) is 6.14. The number of hydrogen-bond acceptors (Lipinski definition) is 3. The van der Waals surface area contributed by atoms with Crippen molar-refractivity contribution < 1.29 is 9.59 Å². The van der Waals surface area contributed by atoms with E-state index < -0.39 is 0 Å². The van der Waals surface area contributed by atoms with E-state index >= 15 is 0 Å². The fourth-order valence-electron chi connectivity index (χ4n) is 1.77. The molecule has 0 atom stereocenters. The Bertz CT molecular complexity index is 694. The van der Waals surface area contributed by atoms with E-state index in [2.05, 4.69) is 11.8 Å².